The molecule has 0 aliphatic carbocycles. The Morgan fingerprint density at radius 2 is 1.28 bits per heavy atom. The van der Waals surface area contributed by atoms with Crippen LogP contribution in [0.5, 0.6) is 0 Å². The molecule has 312 valence electrons. The number of methoxy groups -OCH3 is 4. The monoisotopic (exact) mass is 800 g/mol. The minimum absolute atomic E-state index is 0.133. The summed E-state index contributed by atoms with van der Waals surface area (Å²) in [4.78, 5) is 69.7. The van der Waals surface area contributed by atoms with E-state index in [2.05, 4.69) is 49.2 Å². The van der Waals surface area contributed by atoms with Crippen LogP contribution >= 0.6 is 0 Å². The molecule has 0 bridgehead atoms. The van der Waals surface area contributed by atoms with E-state index in [9.17, 15) is 19.2 Å². The van der Waals surface area contributed by atoms with Crippen LogP contribution in [0, 0.1) is 5.92 Å². The molecule has 16 heteroatoms. The summed E-state index contributed by atoms with van der Waals surface area (Å²) in [5.41, 5.74) is 5.55. The molecule has 2 fully saturated rings. The van der Waals surface area contributed by atoms with Crippen molar-refractivity contribution in [1.82, 2.24) is 40.4 Å². The molecule has 0 spiro atoms. The van der Waals surface area contributed by atoms with E-state index in [0.29, 0.717) is 24.6 Å². The van der Waals surface area contributed by atoms with E-state index in [-0.39, 0.29) is 36.9 Å². The Balaban J connectivity index is 0.00000207. The van der Waals surface area contributed by atoms with Crippen molar-refractivity contribution in [3.63, 3.8) is 0 Å². The number of aromatic nitrogens is 4. The number of hydrogen-bond donors (Lipinski definition) is 4. The van der Waals surface area contributed by atoms with Crippen molar-refractivity contribution in [2.45, 2.75) is 77.3 Å². The van der Waals surface area contributed by atoms with Gasteiger partial charge in [0.2, 0.25) is 11.8 Å². The summed E-state index contributed by atoms with van der Waals surface area (Å²) >= 11 is 0. The highest BCUT2D eigenvalue weighted by atomic mass is 16.7. The fraction of sp³-hybridized carbons (Fsp3) is 0.476. The summed E-state index contributed by atoms with van der Waals surface area (Å²) in [5.74, 6) is -0.442. The molecule has 4 aromatic rings. The molecule has 6 rings (SSSR count). The lowest BCUT2D eigenvalue weighted by atomic mass is 10.0. The molecule has 4 amide bonds. The van der Waals surface area contributed by atoms with Gasteiger partial charge in [-0.15, -0.1) is 0 Å². The van der Waals surface area contributed by atoms with Gasteiger partial charge in [-0.3, -0.25) is 9.59 Å². The fourth-order valence-corrected chi connectivity index (χ4v) is 7.23. The molecule has 2 saturated heterocycles. The molecule has 2 aromatic carbocycles. The van der Waals surface area contributed by atoms with Gasteiger partial charge in [-0.25, -0.2) is 19.6 Å². The van der Waals surface area contributed by atoms with Crippen LogP contribution in [0.3, 0.4) is 0 Å². The van der Waals surface area contributed by atoms with Crippen LogP contribution in [-0.2, 0) is 28.5 Å². The first-order chi connectivity index (χ1) is 27.9. The van der Waals surface area contributed by atoms with E-state index < -0.39 is 30.1 Å². The number of nitrogens with one attached hydrogen (secondary N) is 4. The van der Waals surface area contributed by atoms with Crippen LogP contribution in [0.2, 0.25) is 0 Å². The third kappa shape index (κ3) is 9.85. The molecule has 2 unspecified atom stereocenters. The van der Waals surface area contributed by atoms with Gasteiger partial charge in [-0.05, 0) is 41.0 Å². The van der Waals surface area contributed by atoms with E-state index in [1.807, 2.05) is 62.4 Å². The van der Waals surface area contributed by atoms with Gasteiger partial charge < -0.3 is 49.3 Å². The lowest BCUT2D eigenvalue weighted by Crippen LogP contribution is -2.52. The van der Waals surface area contributed by atoms with Crippen molar-refractivity contribution in [3.05, 3.63) is 72.6 Å². The summed E-state index contributed by atoms with van der Waals surface area (Å²) in [7, 11) is 5.61. The molecule has 0 saturated carbocycles. The second-order valence-electron chi connectivity index (χ2n) is 14.7. The summed E-state index contributed by atoms with van der Waals surface area (Å²) in [6, 6.07) is 14.7. The number of carbonyl (C=O) groups is 4. The Labute approximate surface area is 339 Å². The molecule has 2 aliphatic rings. The lowest BCUT2D eigenvalue weighted by Gasteiger charge is -2.30. The van der Waals surface area contributed by atoms with Crippen molar-refractivity contribution in [3.8, 4) is 33.6 Å². The third-order valence-corrected chi connectivity index (χ3v) is 10.4. The van der Waals surface area contributed by atoms with Crippen LogP contribution in [0.4, 0.5) is 9.59 Å². The van der Waals surface area contributed by atoms with Crippen molar-refractivity contribution >= 4 is 24.0 Å². The standard InChI is InChI=1S/C39H48N8O8.C3H8/c1-23(2)33(45-38(51)53-4)36(49)47-22-39(54-5,55-6)18-31(47)35-41-20-29(44-35)27-15-11-25(12-16-27)24-9-13-26(14-10-24)28-19-40-34(43-28)30-8-7-17-46(30)32(48)21-42-37(50)52-3;1-3-2/h9-16,19-20,23,30-31,33H,7-8,17-18,21-22H2,1-6H3,(H,40,43)(H,41,44)(H,42,50)(H,45,51);3H2,1-2H3/t30?,31-,33?;/m0./s1. The van der Waals surface area contributed by atoms with Gasteiger partial charge in [-0.2, -0.15) is 0 Å². The smallest absolute Gasteiger partial charge is 0.407 e. The Bertz CT molecular complexity index is 1990. The van der Waals surface area contributed by atoms with Crippen LogP contribution in [0.25, 0.3) is 33.6 Å². The Hall–Kier alpha value is -5.74. The van der Waals surface area contributed by atoms with Gasteiger partial charge in [0.05, 0.1) is 56.6 Å². The molecule has 0 radical (unpaired) electrons. The Morgan fingerprint density at radius 1 is 0.776 bits per heavy atom. The zero-order valence-electron chi connectivity index (χ0n) is 34.6. The maximum Gasteiger partial charge on any atom is 0.407 e. The number of benzene rings is 2. The van der Waals surface area contributed by atoms with E-state index in [0.717, 1.165) is 46.5 Å². The van der Waals surface area contributed by atoms with Crippen LogP contribution in [-0.4, -0.2) is 114 Å². The third-order valence-electron chi connectivity index (χ3n) is 10.4. The SMILES string of the molecule is CCC.COC(=O)NCC(=O)N1CCCC1c1ncc(-c2ccc(-c3ccc(-c4cnc([C@@H]5CC(OC)(OC)CN5C(=O)C(NC(=O)OC)C(C)C)[nH]4)cc3)cc2)[nH]1. The van der Waals surface area contributed by atoms with E-state index in [1.54, 1.807) is 36.4 Å². The number of H-pyrrole nitrogens is 2. The number of nitrogens with zero attached hydrogens (tertiary/aromatic N) is 4. The molecular weight excluding hydrogens is 745 g/mol. The van der Waals surface area contributed by atoms with E-state index in [1.165, 1.54) is 20.6 Å². The van der Waals surface area contributed by atoms with Gasteiger partial charge in [0.25, 0.3) is 0 Å². The van der Waals surface area contributed by atoms with Gasteiger partial charge in [-0.1, -0.05) is 82.6 Å². The predicted molar refractivity (Wildman–Crippen MR) is 217 cm³/mol. The Kier molecular flexibility index (Phi) is 14.7. The summed E-state index contributed by atoms with van der Waals surface area (Å²) in [5, 5.41) is 5.13. The van der Waals surface area contributed by atoms with E-state index >= 15 is 0 Å². The molecular formula is C42H56N8O8. The number of aromatic amines is 2. The van der Waals surface area contributed by atoms with E-state index in [4.69, 9.17) is 14.2 Å². The quantitative estimate of drug-likeness (QED) is 0.120. The second-order valence-corrected chi connectivity index (χ2v) is 14.7. The van der Waals surface area contributed by atoms with Crippen LogP contribution in [0.15, 0.2) is 60.9 Å². The molecule has 4 N–H and O–H groups in total. The maximum atomic E-state index is 13.9. The van der Waals surface area contributed by atoms with Gasteiger partial charge in [0.15, 0.2) is 5.79 Å². The highest BCUT2D eigenvalue weighted by Gasteiger charge is 2.50. The number of rotatable bonds is 12. The molecule has 3 atom stereocenters. The molecule has 2 aromatic heterocycles. The second kappa shape index (κ2) is 19.6. The van der Waals surface area contributed by atoms with Crippen molar-refractivity contribution in [2.75, 3.05) is 48.1 Å². The lowest BCUT2D eigenvalue weighted by molar-refractivity contribution is -0.197. The highest BCUT2D eigenvalue weighted by Crippen LogP contribution is 2.40. The Morgan fingerprint density at radius 3 is 1.76 bits per heavy atom. The van der Waals surface area contributed by atoms with Crippen molar-refractivity contribution in [2.24, 2.45) is 5.92 Å². The number of alkyl carbamates (subject to hydrolysis) is 2. The first kappa shape index (κ1) is 43.4. The number of imidazole rings is 2. The minimum atomic E-state index is -1.04. The summed E-state index contributed by atoms with van der Waals surface area (Å²) in [6.45, 7) is 8.57. The summed E-state index contributed by atoms with van der Waals surface area (Å²) < 4.78 is 20.9. The largest absolute Gasteiger partial charge is 0.453 e. The van der Waals surface area contributed by atoms with Crippen LogP contribution in [0.1, 0.15) is 77.1 Å². The average Bonchev–Trinajstić information content (AvgIpc) is 4.08. The topological polar surface area (TPSA) is 193 Å². The molecule has 4 heterocycles. The minimum Gasteiger partial charge on any atom is -0.453 e. The van der Waals surface area contributed by atoms with Crippen molar-refractivity contribution < 1.29 is 38.1 Å². The summed E-state index contributed by atoms with van der Waals surface area (Å²) in [6.07, 6.45) is 5.40. The number of likely N-dealkylation sites (tertiary alicyclic amines) is 2. The normalized spacial score (nSPS) is 17.7. The molecule has 2 aliphatic heterocycles. The van der Waals surface area contributed by atoms with Gasteiger partial charge in [0.1, 0.15) is 24.2 Å². The maximum absolute atomic E-state index is 13.9. The number of amides is 4. The zero-order valence-corrected chi connectivity index (χ0v) is 34.6. The van der Waals surface area contributed by atoms with Crippen LogP contribution < -0.4 is 10.6 Å². The van der Waals surface area contributed by atoms with Gasteiger partial charge in [0, 0.05) is 27.2 Å². The predicted octanol–water partition coefficient (Wildman–Crippen LogP) is 6.21. The number of hydrogen-bond acceptors (Lipinski definition) is 10. The number of ether oxygens (including phenoxy) is 4. The first-order valence-electron chi connectivity index (χ1n) is 19.6. The zero-order chi connectivity index (χ0) is 42.0. The van der Waals surface area contributed by atoms with Crippen molar-refractivity contribution in [1.29, 1.82) is 0 Å². The highest BCUT2D eigenvalue weighted by molar-refractivity contribution is 5.86. The fourth-order valence-electron chi connectivity index (χ4n) is 7.23. The van der Waals surface area contributed by atoms with Gasteiger partial charge >= 0.3 is 12.2 Å². The first-order valence-corrected chi connectivity index (χ1v) is 19.6. The molecule has 58 heavy (non-hydrogen) atoms. The molecule has 16 nitrogen and oxygen atoms in total. The average molecular weight is 801 g/mol. The number of carbonyl (C=O) groups excluding carboxylic acids is 4.